The molecule has 0 amide bonds. The summed E-state index contributed by atoms with van der Waals surface area (Å²) in [4.78, 5) is 0. The van der Waals surface area contributed by atoms with Crippen LogP contribution in [0, 0.1) is 5.82 Å². The van der Waals surface area contributed by atoms with Gasteiger partial charge in [0.2, 0.25) is 9.05 Å². The van der Waals surface area contributed by atoms with E-state index in [1.807, 2.05) is 0 Å². The first kappa shape index (κ1) is 12.0. The van der Waals surface area contributed by atoms with Crippen LogP contribution in [-0.2, 0) is 14.8 Å². The van der Waals surface area contributed by atoms with Crippen LogP contribution in [0.4, 0.5) is 4.39 Å². The lowest BCUT2D eigenvalue weighted by atomic mass is 10.2. The van der Waals surface area contributed by atoms with Gasteiger partial charge in [0, 0.05) is 10.7 Å². The van der Waals surface area contributed by atoms with Crippen LogP contribution >= 0.6 is 33.9 Å². The molecule has 0 saturated carbocycles. The Hall–Kier alpha value is -0.0300. The number of rotatable bonds is 2. The van der Waals surface area contributed by atoms with Crippen LogP contribution in [0.15, 0.2) is 12.1 Å². The van der Waals surface area contributed by atoms with Crippen molar-refractivity contribution in [1.29, 1.82) is 0 Å². The Balaban J connectivity index is 3.14. The van der Waals surface area contributed by atoms with Crippen molar-refractivity contribution in [3.63, 3.8) is 0 Å². The molecule has 1 aromatic carbocycles. The van der Waals surface area contributed by atoms with Gasteiger partial charge in [-0.15, -0.1) is 0 Å². The molecule has 1 aromatic rings. The summed E-state index contributed by atoms with van der Waals surface area (Å²) in [6.07, 6.45) is 0. The average Bonchev–Trinajstić information content (AvgIpc) is 1.96. The van der Waals surface area contributed by atoms with Crippen LogP contribution in [0.2, 0.25) is 10.0 Å². The molecule has 2 nitrogen and oxygen atoms in total. The third-order valence-corrected chi connectivity index (χ3v) is 2.94. The summed E-state index contributed by atoms with van der Waals surface area (Å²) in [5.74, 6) is -1.21. The Kier molecular flexibility index (Phi) is 3.63. The minimum absolute atomic E-state index is 0.229. The minimum atomic E-state index is -3.69. The summed E-state index contributed by atoms with van der Waals surface area (Å²) in [5.41, 5.74) is 0.247. The summed E-state index contributed by atoms with van der Waals surface area (Å²) in [6.45, 7) is 0. The standard InChI is InChI=1S/C7H4Cl3FO2S/c8-5-1-4(3-14(10,12)13)2-6(9)7(5)11/h1-2H,3H2. The highest BCUT2D eigenvalue weighted by atomic mass is 35.7. The van der Waals surface area contributed by atoms with Gasteiger partial charge in [0.05, 0.1) is 15.8 Å². The van der Waals surface area contributed by atoms with E-state index in [0.29, 0.717) is 0 Å². The number of halogens is 4. The molecule has 14 heavy (non-hydrogen) atoms. The summed E-state index contributed by atoms with van der Waals surface area (Å²) >= 11 is 10.9. The SMILES string of the molecule is O=S(=O)(Cl)Cc1cc(Cl)c(F)c(Cl)c1. The highest BCUT2D eigenvalue weighted by molar-refractivity contribution is 8.13. The monoisotopic (exact) mass is 276 g/mol. The molecular formula is C7H4Cl3FO2S. The molecule has 0 fully saturated rings. The van der Waals surface area contributed by atoms with Gasteiger partial charge in [-0.1, -0.05) is 23.2 Å². The van der Waals surface area contributed by atoms with E-state index in [4.69, 9.17) is 33.9 Å². The highest BCUT2D eigenvalue weighted by Gasteiger charge is 2.12. The predicted octanol–water partition coefficient (Wildman–Crippen LogP) is 3.20. The lowest BCUT2D eigenvalue weighted by Gasteiger charge is -2.02. The second-order valence-corrected chi connectivity index (χ2v) is 6.15. The van der Waals surface area contributed by atoms with Gasteiger partial charge in [0.25, 0.3) is 0 Å². The van der Waals surface area contributed by atoms with Crippen LogP contribution in [-0.4, -0.2) is 8.42 Å². The molecule has 0 aliphatic rings. The van der Waals surface area contributed by atoms with Crippen LogP contribution in [0.3, 0.4) is 0 Å². The van der Waals surface area contributed by atoms with Gasteiger partial charge < -0.3 is 0 Å². The second-order valence-electron chi connectivity index (χ2n) is 2.56. The van der Waals surface area contributed by atoms with Gasteiger partial charge in [0.1, 0.15) is 0 Å². The van der Waals surface area contributed by atoms with E-state index < -0.39 is 20.6 Å². The molecule has 1 rings (SSSR count). The maximum absolute atomic E-state index is 12.9. The van der Waals surface area contributed by atoms with Crippen molar-refractivity contribution in [1.82, 2.24) is 0 Å². The topological polar surface area (TPSA) is 34.1 Å². The Labute approximate surface area is 95.0 Å². The molecule has 0 atom stereocenters. The maximum Gasteiger partial charge on any atom is 0.236 e. The van der Waals surface area contributed by atoms with Gasteiger partial charge in [-0.25, -0.2) is 12.8 Å². The lowest BCUT2D eigenvalue weighted by molar-refractivity contribution is 0.608. The molecule has 0 N–H and O–H groups in total. The average molecular weight is 278 g/mol. The van der Waals surface area contributed by atoms with E-state index in [2.05, 4.69) is 0 Å². The molecular weight excluding hydrogens is 273 g/mol. The molecule has 0 spiro atoms. The fourth-order valence-corrected chi connectivity index (χ4v) is 2.37. The predicted molar refractivity (Wildman–Crippen MR) is 54.9 cm³/mol. The van der Waals surface area contributed by atoms with Crippen molar-refractivity contribution < 1.29 is 12.8 Å². The fourth-order valence-electron chi connectivity index (χ4n) is 0.890. The van der Waals surface area contributed by atoms with Crippen molar-refractivity contribution in [2.75, 3.05) is 0 Å². The Morgan fingerprint density at radius 2 is 1.64 bits per heavy atom. The van der Waals surface area contributed by atoms with E-state index in [9.17, 15) is 12.8 Å². The third-order valence-electron chi connectivity index (χ3n) is 1.38. The lowest BCUT2D eigenvalue weighted by Crippen LogP contribution is -1.96. The zero-order chi connectivity index (χ0) is 10.9. The largest absolute Gasteiger partial charge is 0.236 e. The molecule has 0 aliphatic carbocycles. The Bertz CT molecular complexity index is 435. The van der Waals surface area contributed by atoms with Crippen molar-refractivity contribution in [2.45, 2.75) is 5.75 Å². The van der Waals surface area contributed by atoms with Gasteiger partial charge in [-0.3, -0.25) is 0 Å². The van der Waals surface area contributed by atoms with Gasteiger partial charge in [-0.2, -0.15) is 0 Å². The van der Waals surface area contributed by atoms with Gasteiger partial charge in [0.15, 0.2) is 5.82 Å². The summed E-state index contributed by atoms with van der Waals surface area (Å²) < 4.78 is 34.3. The van der Waals surface area contributed by atoms with Crippen LogP contribution in [0.5, 0.6) is 0 Å². The van der Waals surface area contributed by atoms with E-state index in [1.165, 1.54) is 12.1 Å². The minimum Gasteiger partial charge on any atom is -0.212 e. The number of hydrogen-bond donors (Lipinski definition) is 0. The van der Waals surface area contributed by atoms with E-state index in [1.54, 1.807) is 0 Å². The summed E-state index contributed by atoms with van der Waals surface area (Å²) in [5, 5.41) is -0.458. The first-order chi connectivity index (χ1) is 6.29. The molecule has 0 unspecified atom stereocenters. The van der Waals surface area contributed by atoms with Gasteiger partial charge in [-0.05, 0) is 17.7 Å². The summed E-state index contributed by atoms with van der Waals surface area (Å²) in [6, 6.07) is 2.34. The van der Waals surface area contributed by atoms with E-state index in [0.717, 1.165) is 0 Å². The Morgan fingerprint density at radius 3 is 2.00 bits per heavy atom. The van der Waals surface area contributed by atoms with Crippen LogP contribution in [0.1, 0.15) is 5.56 Å². The second kappa shape index (κ2) is 4.23. The quantitative estimate of drug-likeness (QED) is 0.614. The van der Waals surface area contributed by atoms with Crippen LogP contribution < -0.4 is 0 Å². The number of hydrogen-bond acceptors (Lipinski definition) is 2. The molecule has 0 aromatic heterocycles. The molecule has 0 bridgehead atoms. The van der Waals surface area contributed by atoms with E-state index >= 15 is 0 Å². The molecule has 7 heteroatoms. The molecule has 0 saturated heterocycles. The van der Waals surface area contributed by atoms with Crippen molar-refractivity contribution >= 4 is 42.9 Å². The van der Waals surface area contributed by atoms with Crippen LogP contribution in [0.25, 0.3) is 0 Å². The number of benzene rings is 1. The first-order valence-corrected chi connectivity index (χ1v) is 6.59. The zero-order valence-electron chi connectivity index (χ0n) is 6.60. The van der Waals surface area contributed by atoms with Crippen molar-refractivity contribution in [3.8, 4) is 0 Å². The van der Waals surface area contributed by atoms with Crippen molar-refractivity contribution in [2.24, 2.45) is 0 Å². The summed E-state index contributed by atoms with van der Waals surface area (Å²) in [7, 11) is 1.31. The molecule has 0 heterocycles. The molecule has 0 radical (unpaired) electrons. The Morgan fingerprint density at radius 1 is 1.21 bits per heavy atom. The maximum atomic E-state index is 12.9. The van der Waals surface area contributed by atoms with Gasteiger partial charge >= 0.3 is 0 Å². The smallest absolute Gasteiger partial charge is 0.212 e. The zero-order valence-corrected chi connectivity index (χ0v) is 9.68. The van der Waals surface area contributed by atoms with Crippen molar-refractivity contribution in [3.05, 3.63) is 33.6 Å². The molecule has 0 aliphatic heterocycles. The third kappa shape index (κ3) is 3.28. The van der Waals surface area contributed by atoms with E-state index in [-0.39, 0.29) is 15.6 Å². The fraction of sp³-hybridized carbons (Fsp3) is 0.143. The highest BCUT2D eigenvalue weighted by Crippen LogP contribution is 2.26. The normalized spacial score (nSPS) is 11.7. The molecule has 78 valence electrons. The first-order valence-electron chi connectivity index (χ1n) is 3.35.